The van der Waals surface area contributed by atoms with Gasteiger partial charge < -0.3 is 15.0 Å². The van der Waals surface area contributed by atoms with E-state index in [-0.39, 0.29) is 39.5 Å². The Kier molecular flexibility index (Phi) is 11.1. The molecule has 6 aromatic rings. The van der Waals surface area contributed by atoms with E-state index in [0.29, 0.717) is 30.6 Å². The number of benzene rings is 4. The van der Waals surface area contributed by atoms with Crippen molar-refractivity contribution in [2.45, 2.75) is 0 Å². The summed E-state index contributed by atoms with van der Waals surface area (Å²) in [6.07, 6.45) is 4.35. The van der Waals surface area contributed by atoms with E-state index in [0.717, 1.165) is 16.2 Å². The third-order valence-corrected chi connectivity index (χ3v) is 7.30. The zero-order chi connectivity index (χ0) is 29.1. The van der Waals surface area contributed by atoms with Crippen LogP contribution in [0.3, 0.4) is 0 Å². The van der Waals surface area contributed by atoms with Crippen molar-refractivity contribution in [2.75, 3.05) is 0 Å². The molecule has 0 fully saturated rings. The van der Waals surface area contributed by atoms with E-state index < -0.39 is 16.3 Å². The monoisotopic (exact) mass is 756 g/mol. The van der Waals surface area contributed by atoms with Crippen LogP contribution in [0.1, 0.15) is 15.9 Å². The number of non-ortho nitro benzene ring substituents is 1. The van der Waals surface area contributed by atoms with Crippen LogP contribution >= 0.6 is 34.2 Å². The Hall–Kier alpha value is -4.13. The minimum absolute atomic E-state index is 0. The van der Waals surface area contributed by atoms with Crippen LogP contribution in [0.2, 0.25) is 5.02 Å². The maximum atomic E-state index is 12.5. The largest absolute Gasteiger partial charge is 1.00 e. The predicted octanol–water partition coefficient (Wildman–Crippen LogP) is 6.49. The van der Waals surface area contributed by atoms with Crippen LogP contribution in [0.25, 0.3) is 38.7 Å². The second kappa shape index (κ2) is 14.4. The minimum atomic E-state index is -0.707. The number of nitro benzene ring substituents is 1. The van der Waals surface area contributed by atoms with Gasteiger partial charge in [-0.3, -0.25) is 19.9 Å². The zero-order valence-electron chi connectivity index (χ0n) is 21.7. The molecule has 0 saturated heterocycles. The molecule has 4 aromatic carbocycles. The zero-order valence-corrected chi connectivity index (χ0v) is 25.6. The summed E-state index contributed by atoms with van der Waals surface area (Å²) in [4.78, 5) is 39.0. The molecule has 0 unspecified atom stereocenters. The Bertz CT molecular complexity index is 2060. The van der Waals surface area contributed by atoms with Gasteiger partial charge in [0.2, 0.25) is 0 Å². The van der Waals surface area contributed by atoms with Crippen molar-refractivity contribution >= 4 is 84.4 Å². The maximum absolute atomic E-state index is 12.5. The van der Waals surface area contributed by atoms with Crippen LogP contribution in [0, 0.1) is 13.7 Å². The van der Waals surface area contributed by atoms with Crippen LogP contribution in [-0.2, 0) is 17.1 Å². The summed E-state index contributed by atoms with van der Waals surface area (Å²) in [5, 5.41) is 26.1. The SMILES string of the molecule is O.O=C(/C=C/c1ccc([N+](=O)[O-])cc1)c1cc2c(ccc3ccccc32)oc1=O.[Cu+].[O-]c1c(I)cc(Cl)c2cccnc12. The van der Waals surface area contributed by atoms with E-state index >= 15 is 0 Å². The predicted molar refractivity (Wildman–Crippen MR) is 169 cm³/mol. The molecule has 12 heteroatoms. The summed E-state index contributed by atoms with van der Waals surface area (Å²) in [6, 6.07) is 23.7. The molecule has 220 valence electrons. The number of halogens is 2. The normalized spacial score (nSPS) is 10.6. The number of allylic oxidation sites excluding steroid dienone is 1. The number of fused-ring (bicyclic) bond motifs is 4. The molecule has 43 heavy (non-hydrogen) atoms. The Labute approximate surface area is 272 Å². The first kappa shape index (κ1) is 33.4. The number of nitrogens with zero attached hydrogens (tertiary/aromatic N) is 2. The molecular formula is C31H19ClCuIN2O7. The molecule has 0 aliphatic rings. The molecule has 0 aliphatic carbocycles. The summed E-state index contributed by atoms with van der Waals surface area (Å²) in [6.45, 7) is 0. The van der Waals surface area contributed by atoms with Crippen molar-refractivity contribution in [3.05, 3.63) is 137 Å². The molecule has 0 spiro atoms. The summed E-state index contributed by atoms with van der Waals surface area (Å²) >= 11 is 7.91. The van der Waals surface area contributed by atoms with Crippen molar-refractivity contribution < 1.29 is 41.8 Å². The first-order chi connectivity index (χ1) is 19.7. The Morgan fingerprint density at radius 2 is 1.65 bits per heavy atom. The van der Waals surface area contributed by atoms with Gasteiger partial charge in [-0.25, -0.2) is 4.79 Å². The van der Waals surface area contributed by atoms with Crippen LogP contribution in [-0.4, -0.2) is 21.2 Å². The molecule has 0 saturated carbocycles. The summed E-state index contributed by atoms with van der Waals surface area (Å²) in [5.41, 5.74) is 0.655. The molecule has 2 aromatic heterocycles. The number of rotatable bonds is 4. The third kappa shape index (κ3) is 7.27. The van der Waals surface area contributed by atoms with E-state index in [1.54, 1.807) is 36.5 Å². The quantitative estimate of drug-likeness (QED) is 0.0291. The first-order valence-electron chi connectivity index (χ1n) is 12.0. The van der Waals surface area contributed by atoms with Crippen molar-refractivity contribution in [1.29, 1.82) is 0 Å². The Morgan fingerprint density at radius 3 is 2.37 bits per heavy atom. The van der Waals surface area contributed by atoms with Gasteiger partial charge in [-0.1, -0.05) is 53.8 Å². The molecule has 2 heterocycles. The molecule has 0 aliphatic heterocycles. The summed E-state index contributed by atoms with van der Waals surface area (Å²) < 4.78 is 5.94. The molecule has 2 N–H and O–H groups in total. The fraction of sp³-hybridized carbons (Fsp3) is 0. The van der Waals surface area contributed by atoms with Gasteiger partial charge in [-0.05, 0) is 87.5 Å². The van der Waals surface area contributed by atoms with E-state index in [4.69, 9.17) is 16.0 Å². The average Bonchev–Trinajstić information content (AvgIpc) is 2.99. The van der Waals surface area contributed by atoms with E-state index in [9.17, 15) is 24.8 Å². The number of aromatic nitrogens is 1. The maximum Gasteiger partial charge on any atom is 1.00 e. The van der Waals surface area contributed by atoms with Crippen molar-refractivity contribution in [3.63, 3.8) is 0 Å². The molecule has 6 rings (SSSR count). The van der Waals surface area contributed by atoms with Gasteiger partial charge in [-0.15, -0.1) is 0 Å². The molecule has 9 nitrogen and oxygen atoms in total. The van der Waals surface area contributed by atoms with E-state index in [1.165, 1.54) is 36.4 Å². The number of pyridine rings is 1. The second-order valence-corrected chi connectivity index (χ2v) is 10.3. The number of carbonyl (C=O) groups is 1. The number of hydrogen-bond acceptors (Lipinski definition) is 7. The van der Waals surface area contributed by atoms with Gasteiger partial charge in [0.1, 0.15) is 11.1 Å². The van der Waals surface area contributed by atoms with Gasteiger partial charge in [0.25, 0.3) is 5.69 Å². The first-order valence-corrected chi connectivity index (χ1v) is 13.5. The molecule has 0 bridgehead atoms. The van der Waals surface area contributed by atoms with Gasteiger partial charge in [0, 0.05) is 32.7 Å². The smallest absolute Gasteiger partial charge is 0.870 e. The molecule has 0 amide bonds. The Morgan fingerprint density at radius 1 is 0.953 bits per heavy atom. The van der Waals surface area contributed by atoms with Crippen LogP contribution < -0.4 is 10.7 Å². The second-order valence-electron chi connectivity index (χ2n) is 8.76. The van der Waals surface area contributed by atoms with Crippen LogP contribution in [0.5, 0.6) is 5.75 Å². The van der Waals surface area contributed by atoms with Gasteiger partial charge in [0.15, 0.2) is 5.78 Å². The van der Waals surface area contributed by atoms with E-state index in [1.807, 2.05) is 52.9 Å². The molecule has 0 atom stereocenters. The van der Waals surface area contributed by atoms with E-state index in [2.05, 4.69) is 4.98 Å². The van der Waals surface area contributed by atoms with Gasteiger partial charge >= 0.3 is 22.7 Å². The topological polar surface area (TPSA) is 158 Å². The average molecular weight is 757 g/mol. The molecule has 0 radical (unpaired) electrons. The minimum Gasteiger partial charge on any atom is -0.870 e. The number of nitro groups is 1. The Balaban J connectivity index is 0.000000285. The van der Waals surface area contributed by atoms with Crippen LogP contribution in [0.4, 0.5) is 5.69 Å². The van der Waals surface area contributed by atoms with Gasteiger partial charge in [-0.2, -0.15) is 0 Å². The standard InChI is InChI=1S/C22H13NO5.C9H5ClINO.Cu.H2O/c24-20(11-7-14-5-9-16(10-6-14)23(26)27)19-13-18-17-4-2-1-3-15(17)8-12-21(18)28-22(19)25;10-6-4-7(11)9(13)8-5(6)2-1-3-12-8;;/h1-13H;1-4,13H;;1H2/q;;+1;/p-1/b11-7+;;;. The number of carbonyl (C=O) groups excluding carboxylic acids is 1. The third-order valence-electron chi connectivity index (χ3n) is 6.19. The van der Waals surface area contributed by atoms with Crippen molar-refractivity contribution in [2.24, 2.45) is 0 Å². The summed E-state index contributed by atoms with van der Waals surface area (Å²) in [5.74, 6) is -0.553. The number of hydrogen-bond donors (Lipinski definition) is 0. The fourth-order valence-electron chi connectivity index (χ4n) is 4.16. The van der Waals surface area contributed by atoms with Crippen molar-refractivity contribution in [3.8, 4) is 5.75 Å². The fourth-order valence-corrected chi connectivity index (χ4v) is 5.17. The summed E-state index contributed by atoms with van der Waals surface area (Å²) in [7, 11) is 0. The molecular weight excluding hydrogens is 738 g/mol. The van der Waals surface area contributed by atoms with Crippen molar-refractivity contribution in [1.82, 2.24) is 4.98 Å². The number of ketones is 1. The van der Waals surface area contributed by atoms with Gasteiger partial charge in [0.05, 0.1) is 15.5 Å². The van der Waals surface area contributed by atoms with Crippen LogP contribution in [0.15, 0.2) is 106 Å².